The van der Waals surface area contributed by atoms with E-state index in [0.717, 1.165) is 0 Å². The van der Waals surface area contributed by atoms with Crippen LogP contribution in [0.5, 0.6) is 0 Å². The second kappa shape index (κ2) is 4.15. The molecule has 2 aromatic rings. The standard InChI is InChI=1S/C16H13Br/c1-11-10-14(12-6-3-2-4-7-12)13-8-5-9-15(17)16(11)13/h2-11H,1H3. The first kappa shape index (κ1) is 10.8. The molecule has 0 bridgehead atoms. The van der Waals surface area contributed by atoms with E-state index in [9.17, 15) is 0 Å². The number of hydrogen-bond acceptors (Lipinski definition) is 0. The summed E-state index contributed by atoms with van der Waals surface area (Å²) in [5.74, 6) is 0.482. The number of halogens is 1. The highest BCUT2D eigenvalue weighted by Gasteiger charge is 2.22. The fourth-order valence-corrected chi connectivity index (χ4v) is 3.25. The third-order valence-electron chi connectivity index (χ3n) is 3.30. The van der Waals surface area contributed by atoms with E-state index < -0.39 is 0 Å². The Kier molecular flexibility index (Phi) is 2.64. The zero-order chi connectivity index (χ0) is 11.8. The van der Waals surface area contributed by atoms with Crippen molar-refractivity contribution < 1.29 is 0 Å². The fraction of sp³-hybridized carbons (Fsp3) is 0.125. The van der Waals surface area contributed by atoms with E-state index in [1.165, 1.54) is 26.7 Å². The minimum atomic E-state index is 0.482. The highest BCUT2D eigenvalue weighted by molar-refractivity contribution is 9.10. The Labute approximate surface area is 110 Å². The molecule has 1 heteroatoms. The molecule has 0 saturated carbocycles. The van der Waals surface area contributed by atoms with E-state index >= 15 is 0 Å². The average Bonchev–Trinajstić information content (AvgIpc) is 2.69. The molecule has 0 N–H and O–H groups in total. The number of fused-ring (bicyclic) bond motifs is 1. The van der Waals surface area contributed by atoms with E-state index in [4.69, 9.17) is 0 Å². The van der Waals surface area contributed by atoms with Crippen LogP contribution in [0.2, 0.25) is 0 Å². The summed E-state index contributed by atoms with van der Waals surface area (Å²) < 4.78 is 1.21. The lowest BCUT2D eigenvalue weighted by molar-refractivity contribution is 0.982. The molecular weight excluding hydrogens is 272 g/mol. The van der Waals surface area contributed by atoms with Crippen molar-refractivity contribution >= 4 is 21.5 Å². The van der Waals surface area contributed by atoms with Gasteiger partial charge in [-0.05, 0) is 28.3 Å². The maximum Gasteiger partial charge on any atom is 0.0219 e. The van der Waals surface area contributed by atoms with E-state index in [2.05, 4.69) is 77.5 Å². The Hall–Kier alpha value is -1.34. The summed E-state index contributed by atoms with van der Waals surface area (Å²) in [5.41, 5.74) is 5.43. The first-order valence-corrected chi connectivity index (χ1v) is 6.62. The Bertz CT molecular complexity index is 582. The lowest BCUT2D eigenvalue weighted by Gasteiger charge is -2.08. The summed E-state index contributed by atoms with van der Waals surface area (Å²) in [6.07, 6.45) is 2.35. The van der Waals surface area contributed by atoms with Crippen LogP contribution >= 0.6 is 15.9 Å². The Morgan fingerprint density at radius 1 is 0.941 bits per heavy atom. The molecule has 17 heavy (non-hydrogen) atoms. The molecule has 1 unspecified atom stereocenters. The summed E-state index contributed by atoms with van der Waals surface area (Å²) in [5, 5.41) is 0. The van der Waals surface area contributed by atoms with Crippen LogP contribution < -0.4 is 0 Å². The van der Waals surface area contributed by atoms with Gasteiger partial charge >= 0.3 is 0 Å². The number of allylic oxidation sites excluding steroid dienone is 1. The van der Waals surface area contributed by atoms with Crippen molar-refractivity contribution in [3.05, 3.63) is 75.8 Å². The molecule has 84 valence electrons. The minimum Gasteiger partial charge on any atom is -0.0687 e. The molecule has 0 spiro atoms. The maximum atomic E-state index is 3.65. The Morgan fingerprint density at radius 3 is 2.47 bits per heavy atom. The van der Waals surface area contributed by atoms with Crippen LogP contribution in [0.3, 0.4) is 0 Å². The molecule has 1 aliphatic rings. The molecule has 0 nitrogen and oxygen atoms in total. The van der Waals surface area contributed by atoms with Gasteiger partial charge in [-0.2, -0.15) is 0 Å². The first-order valence-electron chi connectivity index (χ1n) is 5.83. The highest BCUT2D eigenvalue weighted by atomic mass is 79.9. The SMILES string of the molecule is CC1C=C(c2ccccc2)c2cccc(Br)c21. The van der Waals surface area contributed by atoms with Gasteiger partial charge in [0.05, 0.1) is 0 Å². The van der Waals surface area contributed by atoms with Gasteiger partial charge in [0.15, 0.2) is 0 Å². The van der Waals surface area contributed by atoms with Crippen LogP contribution in [0, 0.1) is 0 Å². The van der Waals surface area contributed by atoms with E-state index in [1.807, 2.05) is 0 Å². The summed E-state index contributed by atoms with van der Waals surface area (Å²) in [7, 11) is 0. The van der Waals surface area contributed by atoms with Gasteiger partial charge in [0.2, 0.25) is 0 Å². The molecule has 0 fully saturated rings. The number of rotatable bonds is 1. The van der Waals surface area contributed by atoms with Crippen LogP contribution in [-0.4, -0.2) is 0 Å². The fourth-order valence-electron chi connectivity index (χ4n) is 2.53. The van der Waals surface area contributed by atoms with Crippen LogP contribution in [0.15, 0.2) is 59.1 Å². The zero-order valence-corrected chi connectivity index (χ0v) is 11.2. The third kappa shape index (κ3) is 1.75. The van der Waals surface area contributed by atoms with Crippen LogP contribution in [0.25, 0.3) is 5.57 Å². The molecular formula is C16H13Br. The molecule has 0 saturated heterocycles. The van der Waals surface area contributed by atoms with Crippen molar-refractivity contribution in [2.24, 2.45) is 0 Å². The van der Waals surface area contributed by atoms with Gasteiger partial charge in [0.1, 0.15) is 0 Å². The van der Waals surface area contributed by atoms with Gasteiger partial charge in [-0.1, -0.05) is 71.4 Å². The molecule has 2 aromatic carbocycles. The number of hydrogen-bond donors (Lipinski definition) is 0. The molecule has 0 aliphatic heterocycles. The van der Waals surface area contributed by atoms with E-state index in [1.54, 1.807) is 0 Å². The Morgan fingerprint density at radius 2 is 1.71 bits per heavy atom. The summed E-state index contributed by atoms with van der Waals surface area (Å²) in [6.45, 7) is 2.25. The van der Waals surface area contributed by atoms with Crippen molar-refractivity contribution in [2.45, 2.75) is 12.8 Å². The maximum absolute atomic E-state index is 3.65. The van der Waals surface area contributed by atoms with Crippen molar-refractivity contribution in [3.8, 4) is 0 Å². The third-order valence-corrected chi connectivity index (χ3v) is 3.99. The topological polar surface area (TPSA) is 0 Å². The predicted octanol–water partition coefficient (Wildman–Crippen LogP) is 5.00. The Balaban J connectivity index is 2.18. The molecule has 0 amide bonds. The van der Waals surface area contributed by atoms with Gasteiger partial charge in [0, 0.05) is 10.4 Å². The van der Waals surface area contributed by atoms with Crippen molar-refractivity contribution in [2.75, 3.05) is 0 Å². The second-order valence-corrected chi connectivity index (χ2v) is 5.29. The van der Waals surface area contributed by atoms with Crippen LogP contribution in [0.4, 0.5) is 0 Å². The van der Waals surface area contributed by atoms with Gasteiger partial charge in [-0.25, -0.2) is 0 Å². The highest BCUT2D eigenvalue weighted by Crippen LogP contribution is 2.42. The molecule has 1 aliphatic carbocycles. The lowest BCUT2D eigenvalue weighted by atomic mass is 9.98. The van der Waals surface area contributed by atoms with Crippen LogP contribution in [0.1, 0.15) is 29.5 Å². The van der Waals surface area contributed by atoms with Crippen molar-refractivity contribution in [1.82, 2.24) is 0 Å². The molecule has 3 rings (SSSR count). The van der Waals surface area contributed by atoms with E-state index in [0.29, 0.717) is 5.92 Å². The lowest BCUT2D eigenvalue weighted by Crippen LogP contribution is -1.90. The van der Waals surface area contributed by atoms with E-state index in [-0.39, 0.29) is 0 Å². The van der Waals surface area contributed by atoms with Gasteiger partial charge in [-0.15, -0.1) is 0 Å². The molecule has 0 heterocycles. The monoisotopic (exact) mass is 284 g/mol. The van der Waals surface area contributed by atoms with Gasteiger partial charge in [-0.3, -0.25) is 0 Å². The minimum absolute atomic E-state index is 0.482. The summed E-state index contributed by atoms with van der Waals surface area (Å²) in [6, 6.07) is 17.0. The smallest absolute Gasteiger partial charge is 0.0219 e. The van der Waals surface area contributed by atoms with Crippen molar-refractivity contribution in [3.63, 3.8) is 0 Å². The molecule has 0 aromatic heterocycles. The normalized spacial score (nSPS) is 17.8. The number of benzene rings is 2. The predicted molar refractivity (Wildman–Crippen MR) is 76.1 cm³/mol. The summed E-state index contributed by atoms with van der Waals surface area (Å²) in [4.78, 5) is 0. The average molecular weight is 285 g/mol. The summed E-state index contributed by atoms with van der Waals surface area (Å²) >= 11 is 3.65. The van der Waals surface area contributed by atoms with Gasteiger partial charge in [0.25, 0.3) is 0 Å². The second-order valence-electron chi connectivity index (χ2n) is 4.44. The first-order chi connectivity index (χ1) is 8.27. The zero-order valence-electron chi connectivity index (χ0n) is 9.65. The quantitative estimate of drug-likeness (QED) is 0.691. The largest absolute Gasteiger partial charge is 0.0687 e. The van der Waals surface area contributed by atoms with Gasteiger partial charge < -0.3 is 0 Å². The molecule has 0 radical (unpaired) electrons. The van der Waals surface area contributed by atoms with Crippen LogP contribution in [-0.2, 0) is 0 Å². The molecule has 1 atom stereocenters. The van der Waals surface area contributed by atoms with Crippen molar-refractivity contribution in [1.29, 1.82) is 0 Å².